The monoisotopic (exact) mass is 442 g/mol. The second-order valence-electron chi connectivity index (χ2n) is 5.68. The van der Waals surface area contributed by atoms with Crippen LogP contribution in [0.15, 0.2) is 59.5 Å². The lowest BCUT2D eigenvalue weighted by Gasteiger charge is -2.10. The summed E-state index contributed by atoms with van der Waals surface area (Å²) in [7, 11) is -4.31. The molecule has 1 amide bonds. The minimum atomic E-state index is -4.68. The van der Waals surface area contributed by atoms with Crippen LogP contribution in [0.25, 0.3) is 10.6 Å². The highest BCUT2D eigenvalue weighted by molar-refractivity contribution is 7.89. The molecule has 3 rings (SSSR count). The maximum Gasteiger partial charge on any atom is 0.416 e. The van der Waals surface area contributed by atoms with E-state index in [1.54, 1.807) is 0 Å². The Balaban J connectivity index is 1.63. The first-order valence-corrected chi connectivity index (χ1v) is 10.3. The second-order valence-corrected chi connectivity index (χ2v) is 8.42. The van der Waals surface area contributed by atoms with Crippen molar-refractivity contribution in [2.24, 2.45) is 0 Å². The van der Waals surface area contributed by atoms with E-state index in [4.69, 9.17) is 0 Å². The van der Waals surface area contributed by atoms with Gasteiger partial charge in [0.2, 0.25) is 21.1 Å². The number of hydrogen-bond donors (Lipinski definition) is 2. The van der Waals surface area contributed by atoms with Gasteiger partial charge in [0.15, 0.2) is 0 Å². The fourth-order valence-electron chi connectivity index (χ4n) is 2.22. The highest BCUT2D eigenvalue weighted by Gasteiger charge is 2.31. The fraction of sp³-hybridized carbons (Fsp3) is 0.118. The molecule has 0 saturated carbocycles. The fourth-order valence-corrected chi connectivity index (χ4v) is 4.01. The van der Waals surface area contributed by atoms with Crippen LogP contribution in [0.5, 0.6) is 0 Å². The molecule has 0 spiro atoms. The van der Waals surface area contributed by atoms with Gasteiger partial charge in [-0.15, -0.1) is 10.2 Å². The molecule has 3 aromatic rings. The standard InChI is InChI=1S/C17H13F3N4O3S2/c18-17(19,20)12-7-4-8-13(9-12)29(26,27)21-10-14(25)22-16-24-23-15(28-16)11-5-2-1-3-6-11/h1-9,21H,10H2,(H,22,24,25). The number of rotatable bonds is 6. The number of carbonyl (C=O) groups is 1. The van der Waals surface area contributed by atoms with Gasteiger partial charge in [-0.25, -0.2) is 13.1 Å². The van der Waals surface area contributed by atoms with Gasteiger partial charge < -0.3 is 0 Å². The van der Waals surface area contributed by atoms with Gasteiger partial charge in [0.05, 0.1) is 17.0 Å². The molecule has 152 valence electrons. The molecule has 0 atom stereocenters. The molecule has 12 heteroatoms. The van der Waals surface area contributed by atoms with E-state index >= 15 is 0 Å². The van der Waals surface area contributed by atoms with Gasteiger partial charge in [-0.2, -0.15) is 13.2 Å². The number of anilines is 1. The summed E-state index contributed by atoms with van der Waals surface area (Å²) in [6.45, 7) is -0.682. The van der Waals surface area contributed by atoms with Crippen molar-refractivity contribution < 1.29 is 26.4 Å². The zero-order chi connectivity index (χ0) is 21.1. The van der Waals surface area contributed by atoms with Crippen LogP contribution in [0, 0.1) is 0 Å². The van der Waals surface area contributed by atoms with Crippen molar-refractivity contribution in [3.05, 3.63) is 60.2 Å². The third kappa shape index (κ3) is 5.37. The van der Waals surface area contributed by atoms with Crippen molar-refractivity contribution in [2.45, 2.75) is 11.1 Å². The zero-order valence-electron chi connectivity index (χ0n) is 14.5. The Hall–Kier alpha value is -2.83. The molecule has 0 unspecified atom stereocenters. The largest absolute Gasteiger partial charge is 0.416 e. The molecule has 2 aromatic carbocycles. The van der Waals surface area contributed by atoms with E-state index in [9.17, 15) is 26.4 Å². The smallest absolute Gasteiger partial charge is 0.299 e. The van der Waals surface area contributed by atoms with Crippen LogP contribution in [-0.2, 0) is 21.0 Å². The van der Waals surface area contributed by atoms with Gasteiger partial charge in [-0.05, 0) is 18.2 Å². The minimum Gasteiger partial charge on any atom is -0.299 e. The number of nitrogens with zero attached hydrogens (tertiary/aromatic N) is 2. The first kappa shape index (κ1) is 20.9. The van der Waals surface area contributed by atoms with E-state index < -0.39 is 39.1 Å². The summed E-state index contributed by atoms with van der Waals surface area (Å²) < 4.78 is 64.5. The molecule has 1 aromatic heterocycles. The number of carbonyl (C=O) groups excluding carboxylic acids is 1. The highest BCUT2D eigenvalue weighted by Crippen LogP contribution is 2.30. The molecule has 0 fully saturated rings. The van der Waals surface area contributed by atoms with Crippen LogP contribution >= 0.6 is 11.3 Å². The number of amides is 1. The summed E-state index contributed by atoms with van der Waals surface area (Å²) >= 11 is 1.09. The molecular weight excluding hydrogens is 429 g/mol. The van der Waals surface area contributed by atoms with Gasteiger partial charge in [0, 0.05) is 5.56 Å². The molecule has 0 aliphatic heterocycles. The van der Waals surface area contributed by atoms with Gasteiger partial charge in [0.25, 0.3) is 0 Å². The number of alkyl halides is 3. The van der Waals surface area contributed by atoms with Gasteiger partial charge in [0.1, 0.15) is 5.01 Å². The van der Waals surface area contributed by atoms with Crippen molar-refractivity contribution in [1.29, 1.82) is 0 Å². The van der Waals surface area contributed by atoms with Crippen molar-refractivity contribution in [1.82, 2.24) is 14.9 Å². The summed E-state index contributed by atoms with van der Waals surface area (Å²) in [5.74, 6) is -0.740. The number of sulfonamides is 1. The predicted molar refractivity (Wildman–Crippen MR) is 101 cm³/mol. The Labute approximate surface area is 167 Å². The SMILES string of the molecule is O=C(CNS(=O)(=O)c1cccc(C(F)(F)F)c1)Nc1nnc(-c2ccccc2)s1. The lowest BCUT2D eigenvalue weighted by atomic mass is 10.2. The van der Waals surface area contributed by atoms with Crippen LogP contribution in [-0.4, -0.2) is 31.1 Å². The average molecular weight is 442 g/mol. The van der Waals surface area contributed by atoms with E-state index in [1.807, 2.05) is 35.1 Å². The number of nitrogens with one attached hydrogen (secondary N) is 2. The molecule has 0 bridgehead atoms. The van der Waals surface area contributed by atoms with Gasteiger partial charge >= 0.3 is 6.18 Å². The first-order chi connectivity index (χ1) is 13.6. The lowest BCUT2D eigenvalue weighted by Crippen LogP contribution is -2.33. The lowest BCUT2D eigenvalue weighted by molar-refractivity contribution is -0.137. The number of benzene rings is 2. The van der Waals surface area contributed by atoms with Crippen molar-refractivity contribution in [2.75, 3.05) is 11.9 Å². The Morgan fingerprint density at radius 1 is 1.03 bits per heavy atom. The van der Waals surface area contributed by atoms with Crippen LogP contribution < -0.4 is 10.0 Å². The van der Waals surface area contributed by atoms with E-state index in [2.05, 4.69) is 15.5 Å². The summed E-state index contributed by atoms with van der Waals surface area (Å²) in [6.07, 6.45) is -4.68. The van der Waals surface area contributed by atoms with E-state index in [-0.39, 0.29) is 5.13 Å². The van der Waals surface area contributed by atoms with Gasteiger partial charge in [-0.1, -0.05) is 47.7 Å². The van der Waals surface area contributed by atoms with E-state index in [0.717, 1.165) is 35.1 Å². The van der Waals surface area contributed by atoms with Crippen molar-refractivity contribution >= 4 is 32.4 Å². The molecule has 0 aliphatic rings. The summed E-state index contributed by atoms with van der Waals surface area (Å²) in [5.41, 5.74) is -0.303. The number of halogens is 3. The first-order valence-electron chi connectivity index (χ1n) is 8.01. The van der Waals surface area contributed by atoms with E-state index in [0.29, 0.717) is 11.1 Å². The maximum absolute atomic E-state index is 12.7. The van der Waals surface area contributed by atoms with Crippen LogP contribution in [0.1, 0.15) is 5.56 Å². The maximum atomic E-state index is 12.7. The summed E-state index contributed by atoms with van der Waals surface area (Å²) in [6, 6.07) is 12.3. The average Bonchev–Trinajstić information content (AvgIpc) is 3.15. The second kappa shape index (κ2) is 8.27. The summed E-state index contributed by atoms with van der Waals surface area (Å²) in [4.78, 5) is 11.4. The molecule has 0 radical (unpaired) electrons. The van der Waals surface area contributed by atoms with Crippen LogP contribution in [0.4, 0.5) is 18.3 Å². The third-order valence-corrected chi connectivity index (χ3v) is 5.87. The zero-order valence-corrected chi connectivity index (χ0v) is 16.1. The molecule has 1 heterocycles. The molecule has 29 heavy (non-hydrogen) atoms. The quantitative estimate of drug-likeness (QED) is 0.611. The normalized spacial score (nSPS) is 12.0. The van der Waals surface area contributed by atoms with Crippen LogP contribution in [0.2, 0.25) is 0 Å². The predicted octanol–water partition coefficient (Wildman–Crippen LogP) is 3.14. The van der Waals surface area contributed by atoms with Crippen molar-refractivity contribution in [3.63, 3.8) is 0 Å². The van der Waals surface area contributed by atoms with Gasteiger partial charge in [-0.3, -0.25) is 10.1 Å². The molecule has 2 N–H and O–H groups in total. The Morgan fingerprint density at radius 3 is 2.45 bits per heavy atom. The Kier molecular flexibility index (Phi) is 5.96. The summed E-state index contributed by atoms with van der Waals surface area (Å²) in [5, 5.41) is 10.9. The number of hydrogen-bond acceptors (Lipinski definition) is 6. The van der Waals surface area contributed by atoms with Crippen molar-refractivity contribution in [3.8, 4) is 10.6 Å². The van der Waals surface area contributed by atoms with Crippen LogP contribution in [0.3, 0.4) is 0 Å². The molecule has 0 saturated heterocycles. The molecule has 0 aliphatic carbocycles. The molecular formula is C17H13F3N4O3S2. The molecule has 7 nitrogen and oxygen atoms in total. The van der Waals surface area contributed by atoms with E-state index in [1.165, 1.54) is 0 Å². The Bertz CT molecular complexity index is 1120. The third-order valence-electron chi connectivity index (χ3n) is 3.59. The minimum absolute atomic E-state index is 0.159. The topological polar surface area (TPSA) is 101 Å². The number of aromatic nitrogens is 2. The Morgan fingerprint density at radius 2 is 1.76 bits per heavy atom. The highest BCUT2D eigenvalue weighted by atomic mass is 32.2.